The molecule has 0 unspecified atom stereocenters. The molecule has 2 aliphatic rings. The van der Waals surface area contributed by atoms with E-state index in [0.717, 1.165) is 11.3 Å². The highest BCUT2D eigenvalue weighted by atomic mass is 19.4. The van der Waals surface area contributed by atoms with E-state index in [0.29, 0.717) is 19.6 Å². The highest BCUT2D eigenvalue weighted by molar-refractivity contribution is 5.90. The summed E-state index contributed by atoms with van der Waals surface area (Å²) in [7, 11) is 0. The lowest BCUT2D eigenvalue weighted by Gasteiger charge is -2.39. The number of aliphatic imine (C=N–C) groups is 1. The standard InChI is InChI=1S/C10H14F3N3/c1-6-7(2)15-9(10(11,12)13)16-4-3-14-5-8(6)16/h7,14H,3-5H2,1-2H3/t7-/m1/s1. The van der Waals surface area contributed by atoms with Crippen LogP contribution in [0.15, 0.2) is 16.3 Å². The average molecular weight is 233 g/mol. The van der Waals surface area contributed by atoms with Crippen LogP contribution in [-0.4, -0.2) is 42.6 Å². The summed E-state index contributed by atoms with van der Waals surface area (Å²) in [5.74, 6) is -0.748. The summed E-state index contributed by atoms with van der Waals surface area (Å²) in [5.41, 5.74) is 1.64. The zero-order valence-corrected chi connectivity index (χ0v) is 9.23. The van der Waals surface area contributed by atoms with E-state index in [1.807, 2.05) is 6.92 Å². The third-order valence-corrected chi connectivity index (χ3v) is 3.04. The monoisotopic (exact) mass is 233 g/mol. The first kappa shape index (κ1) is 11.4. The maximum absolute atomic E-state index is 12.8. The molecule has 0 amide bonds. The van der Waals surface area contributed by atoms with E-state index in [1.165, 1.54) is 4.90 Å². The Kier molecular flexibility index (Phi) is 2.69. The van der Waals surface area contributed by atoms with Crippen LogP contribution in [0.3, 0.4) is 0 Å². The molecule has 0 spiro atoms. The summed E-state index contributed by atoms with van der Waals surface area (Å²) >= 11 is 0. The van der Waals surface area contributed by atoms with Crippen molar-refractivity contribution in [1.82, 2.24) is 10.2 Å². The fraction of sp³-hybridized carbons (Fsp3) is 0.700. The van der Waals surface area contributed by atoms with E-state index < -0.39 is 12.0 Å². The number of halogens is 3. The van der Waals surface area contributed by atoms with Crippen LogP contribution in [0.1, 0.15) is 13.8 Å². The number of rotatable bonds is 0. The molecule has 0 aromatic carbocycles. The summed E-state index contributed by atoms with van der Waals surface area (Å²) in [6, 6.07) is -0.386. The van der Waals surface area contributed by atoms with E-state index in [9.17, 15) is 13.2 Å². The number of hydrogen-bond donors (Lipinski definition) is 1. The molecule has 90 valence electrons. The average Bonchev–Trinajstić information content (AvgIpc) is 2.22. The number of nitrogens with zero attached hydrogens (tertiary/aromatic N) is 2. The number of nitrogens with one attached hydrogen (secondary N) is 1. The second-order valence-corrected chi connectivity index (χ2v) is 4.08. The van der Waals surface area contributed by atoms with Gasteiger partial charge >= 0.3 is 6.18 Å². The zero-order chi connectivity index (χ0) is 11.9. The normalized spacial score (nSPS) is 26.7. The number of amidine groups is 1. The first-order valence-corrected chi connectivity index (χ1v) is 5.24. The number of fused-ring (bicyclic) bond motifs is 1. The molecule has 0 aliphatic carbocycles. The molecule has 0 saturated carbocycles. The smallest absolute Gasteiger partial charge is 0.324 e. The van der Waals surface area contributed by atoms with Crippen LogP contribution >= 0.6 is 0 Å². The van der Waals surface area contributed by atoms with Crippen LogP contribution in [-0.2, 0) is 0 Å². The van der Waals surface area contributed by atoms with Gasteiger partial charge in [-0.15, -0.1) is 0 Å². The molecule has 1 N–H and O–H groups in total. The van der Waals surface area contributed by atoms with Gasteiger partial charge in [-0.3, -0.25) is 4.99 Å². The van der Waals surface area contributed by atoms with Gasteiger partial charge in [0, 0.05) is 25.3 Å². The summed E-state index contributed by atoms with van der Waals surface area (Å²) in [6.07, 6.45) is -4.36. The third kappa shape index (κ3) is 1.81. The van der Waals surface area contributed by atoms with Crippen molar-refractivity contribution < 1.29 is 13.2 Å². The molecular formula is C10H14F3N3. The van der Waals surface area contributed by atoms with Crippen LogP contribution in [0.5, 0.6) is 0 Å². The van der Waals surface area contributed by atoms with Crippen molar-refractivity contribution in [1.29, 1.82) is 0 Å². The summed E-state index contributed by atoms with van der Waals surface area (Å²) in [6.45, 7) is 4.92. The zero-order valence-electron chi connectivity index (χ0n) is 9.23. The van der Waals surface area contributed by atoms with Crippen LogP contribution in [0.2, 0.25) is 0 Å². The molecule has 0 bridgehead atoms. The van der Waals surface area contributed by atoms with E-state index in [2.05, 4.69) is 10.3 Å². The van der Waals surface area contributed by atoms with E-state index in [4.69, 9.17) is 0 Å². The Morgan fingerprint density at radius 2 is 2.12 bits per heavy atom. The van der Waals surface area contributed by atoms with Crippen molar-refractivity contribution in [3.8, 4) is 0 Å². The Hall–Kier alpha value is -1.04. The number of hydrogen-bond acceptors (Lipinski definition) is 3. The van der Waals surface area contributed by atoms with E-state index in [1.54, 1.807) is 6.92 Å². The minimum absolute atomic E-state index is 0.331. The van der Waals surface area contributed by atoms with Crippen LogP contribution < -0.4 is 5.32 Å². The largest absolute Gasteiger partial charge is 0.449 e. The third-order valence-electron chi connectivity index (χ3n) is 3.04. The Bertz CT molecular complexity index is 357. The fourth-order valence-electron chi connectivity index (χ4n) is 2.03. The van der Waals surface area contributed by atoms with Gasteiger partial charge in [-0.05, 0) is 19.4 Å². The van der Waals surface area contributed by atoms with Crippen molar-refractivity contribution in [3.05, 3.63) is 11.3 Å². The van der Waals surface area contributed by atoms with Crippen molar-refractivity contribution >= 4 is 5.84 Å². The highest BCUT2D eigenvalue weighted by Gasteiger charge is 2.44. The maximum Gasteiger partial charge on any atom is 0.449 e. The molecule has 1 saturated heterocycles. The van der Waals surface area contributed by atoms with Gasteiger partial charge < -0.3 is 10.2 Å². The minimum Gasteiger partial charge on any atom is -0.324 e. The van der Waals surface area contributed by atoms with E-state index >= 15 is 0 Å². The van der Waals surface area contributed by atoms with Crippen molar-refractivity contribution in [2.45, 2.75) is 26.1 Å². The highest BCUT2D eigenvalue weighted by Crippen LogP contribution is 2.30. The Morgan fingerprint density at radius 1 is 1.44 bits per heavy atom. The second kappa shape index (κ2) is 3.76. The van der Waals surface area contributed by atoms with Gasteiger partial charge in [0.1, 0.15) is 0 Å². The Labute approximate surface area is 92.0 Å². The van der Waals surface area contributed by atoms with E-state index in [-0.39, 0.29) is 6.04 Å². The first-order chi connectivity index (χ1) is 7.41. The van der Waals surface area contributed by atoms with Gasteiger partial charge in [-0.1, -0.05) is 0 Å². The molecule has 0 aromatic heterocycles. The lowest BCUT2D eigenvalue weighted by atomic mass is 10.0. The predicted molar refractivity (Wildman–Crippen MR) is 55.2 cm³/mol. The summed E-state index contributed by atoms with van der Waals surface area (Å²) in [4.78, 5) is 5.05. The number of piperazine rings is 1. The summed E-state index contributed by atoms with van der Waals surface area (Å²) in [5, 5.41) is 3.09. The van der Waals surface area contributed by atoms with Crippen LogP contribution in [0, 0.1) is 0 Å². The molecule has 0 aromatic rings. The van der Waals surface area contributed by atoms with Gasteiger partial charge in [0.15, 0.2) is 0 Å². The van der Waals surface area contributed by atoms with Crippen molar-refractivity contribution in [3.63, 3.8) is 0 Å². The van der Waals surface area contributed by atoms with Gasteiger partial charge in [-0.25, -0.2) is 0 Å². The van der Waals surface area contributed by atoms with Gasteiger partial charge in [0.25, 0.3) is 0 Å². The van der Waals surface area contributed by atoms with Gasteiger partial charge in [0.2, 0.25) is 5.84 Å². The fourth-order valence-corrected chi connectivity index (χ4v) is 2.03. The molecule has 1 atom stereocenters. The van der Waals surface area contributed by atoms with Crippen LogP contribution in [0.4, 0.5) is 13.2 Å². The molecule has 2 heterocycles. The molecule has 1 fully saturated rings. The molecule has 0 radical (unpaired) electrons. The first-order valence-electron chi connectivity index (χ1n) is 5.24. The van der Waals surface area contributed by atoms with Crippen LogP contribution in [0.25, 0.3) is 0 Å². The SMILES string of the molecule is CC1=C2CNCCN2C(C(F)(F)F)=N[C@@H]1C. The minimum atomic E-state index is -4.36. The van der Waals surface area contributed by atoms with Gasteiger partial charge in [0.05, 0.1) is 6.04 Å². The summed E-state index contributed by atoms with van der Waals surface area (Å²) < 4.78 is 38.4. The van der Waals surface area contributed by atoms with Gasteiger partial charge in [-0.2, -0.15) is 13.2 Å². The molecule has 2 rings (SSSR count). The van der Waals surface area contributed by atoms with Crippen molar-refractivity contribution in [2.75, 3.05) is 19.6 Å². The second-order valence-electron chi connectivity index (χ2n) is 4.08. The Balaban J connectivity index is 2.39. The topological polar surface area (TPSA) is 27.6 Å². The molecular weight excluding hydrogens is 219 g/mol. The lowest BCUT2D eigenvalue weighted by Crippen LogP contribution is -2.52. The molecule has 2 aliphatic heterocycles. The quantitative estimate of drug-likeness (QED) is 0.687. The number of alkyl halides is 3. The lowest BCUT2D eigenvalue weighted by molar-refractivity contribution is -0.0687. The molecule has 16 heavy (non-hydrogen) atoms. The Morgan fingerprint density at radius 3 is 2.75 bits per heavy atom. The molecule has 6 heteroatoms. The van der Waals surface area contributed by atoms with Crippen molar-refractivity contribution in [2.24, 2.45) is 4.99 Å². The molecule has 3 nitrogen and oxygen atoms in total. The maximum atomic E-state index is 12.8. The predicted octanol–water partition coefficient (Wildman–Crippen LogP) is 1.53.